The summed E-state index contributed by atoms with van der Waals surface area (Å²) in [5.41, 5.74) is 7.34. The molecule has 2 nitrogen and oxygen atoms in total. The molecule has 0 saturated carbocycles. The second kappa shape index (κ2) is 5.00. The predicted molar refractivity (Wildman–Crippen MR) is 64.7 cm³/mol. The molecular formula is C13H19F2NO. The fraction of sp³-hybridized carbons (Fsp3) is 0.538. The molecule has 0 radical (unpaired) electrons. The van der Waals surface area contributed by atoms with Gasteiger partial charge in [-0.1, -0.05) is 6.07 Å². The molecule has 17 heavy (non-hydrogen) atoms. The molecule has 0 heterocycles. The number of nitrogens with two attached hydrogens (primary N) is 1. The third-order valence-electron chi connectivity index (χ3n) is 2.70. The molecule has 0 aliphatic rings. The zero-order valence-electron chi connectivity index (χ0n) is 10.7. The van der Waals surface area contributed by atoms with E-state index in [-0.39, 0.29) is 17.4 Å². The van der Waals surface area contributed by atoms with Gasteiger partial charge in [-0.15, -0.1) is 0 Å². The number of ether oxygens (including phenoxy) is 1. The number of halogens is 2. The van der Waals surface area contributed by atoms with Gasteiger partial charge in [0, 0.05) is 13.0 Å². The Labute approximate surface area is 101 Å². The first-order chi connectivity index (χ1) is 7.77. The van der Waals surface area contributed by atoms with E-state index in [2.05, 4.69) is 0 Å². The lowest BCUT2D eigenvalue weighted by molar-refractivity contribution is 0.0149. The van der Waals surface area contributed by atoms with Crippen LogP contribution in [0.4, 0.5) is 8.78 Å². The number of alkyl halides is 2. The van der Waals surface area contributed by atoms with Gasteiger partial charge in [0.05, 0.1) is 12.7 Å². The first-order valence-electron chi connectivity index (χ1n) is 5.57. The van der Waals surface area contributed by atoms with Gasteiger partial charge < -0.3 is 10.5 Å². The lowest BCUT2D eigenvalue weighted by Gasteiger charge is -2.20. The van der Waals surface area contributed by atoms with Crippen LogP contribution in [0.1, 0.15) is 30.5 Å². The predicted octanol–water partition coefficient (Wildman–Crippen LogP) is 3.01. The Kier molecular flexibility index (Phi) is 4.09. The normalized spacial score (nSPS) is 13.6. The van der Waals surface area contributed by atoms with Crippen LogP contribution in [0, 0.1) is 6.92 Å². The minimum absolute atomic E-state index is 0.0822. The number of rotatable bonds is 4. The van der Waals surface area contributed by atoms with Crippen molar-refractivity contribution in [1.82, 2.24) is 0 Å². The molecule has 0 aromatic heterocycles. The maximum absolute atomic E-state index is 13.4. The van der Waals surface area contributed by atoms with Crippen molar-refractivity contribution in [3.63, 3.8) is 0 Å². The zero-order valence-corrected chi connectivity index (χ0v) is 10.7. The van der Waals surface area contributed by atoms with Crippen LogP contribution in [0.15, 0.2) is 12.1 Å². The summed E-state index contributed by atoms with van der Waals surface area (Å²) >= 11 is 0. The Morgan fingerprint density at radius 1 is 1.41 bits per heavy atom. The third-order valence-corrected chi connectivity index (χ3v) is 2.70. The highest BCUT2D eigenvalue weighted by Gasteiger charge is 2.30. The molecule has 1 aromatic rings. The van der Waals surface area contributed by atoms with Gasteiger partial charge in [-0.25, -0.2) is 8.78 Å². The molecule has 0 fully saturated rings. The van der Waals surface area contributed by atoms with Crippen LogP contribution in [0.3, 0.4) is 0 Å². The van der Waals surface area contributed by atoms with Crippen LogP contribution in [0.2, 0.25) is 0 Å². The minimum Gasteiger partial charge on any atom is -0.496 e. The first kappa shape index (κ1) is 13.9. The largest absolute Gasteiger partial charge is 0.496 e. The summed E-state index contributed by atoms with van der Waals surface area (Å²) in [6.45, 7) is 4.59. The monoisotopic (exact) mass is 243 g/mol. The molecule has 0 saturated heterocycles. The van der Waals surface area contributed by atoms with E-state index in [1.54, 1.807) is 6.07 Å². The molecular weight excluding hydrogens is 224 g/mol. The lowest BCUT2D eigenvalue weighted by atomic mass is 9.95. The van der Waals surface area contributed by atoms with Crippen molar-refractivity contribution in [1.29, 1.82) is 0 Å². The van der Waals surface area contributed by atoms with Gasteiger partial charge in [-0.05, 0) is 37.5 Å². The van der Waals surface area contributed by atoms with Crippen molar-refractivity contribution in [3.05, 3.63) is 28.8 Å². The zero-order chi connectivity index (χ0) is 13.2. The second-order valence-electron chi connectivity index (χ2n) is 4.51. The third kappa shape index (κ3) is 3.16. The van der Waals surface area contributed by atoms with Crippen molar-refractivity contribution in [2.24, 2.45) is 5.73 Å². The van der Waals surface area contributed by atoms with Crippen molar-refractivity contribution >= 4 is 0 Å². The van der Waals surface area contributed by atoms with Gasteiger partial charge in [-0.2, -0.15) is 0 Å². The summed E-state index contributed by atoms with van der Waals surface area (Å²) < 4.78 is 32.0. The van der Waals surface area contributed by atoms with E-state index >= 15 is 0 Å². The number of aryl methyl sites for hydroxylation is 1. The van der Waals surface area contributed by atoms with Crippen LogP contribution in [0.5, 0.6) is 5.75 Å². The van der Waals surface area contributed by atoms with Crippen LogP contribution in [-0.2, 0) is 12.3 Å². The van der Waals surface area contributed by atoms with Crippen molar-refractivity contribution in [2.45, 2.75) is 39.2 Å². The minimum atomic E-state index is -2.91. The van der Waals surface area contributed by atoms with Gasteiger partial charge >= 0.3 is 0 Å². The molecule has 0 aliphatic carbocycles. The molecule has 1 unspecified atom stereocenters. The van der Waals surface area contributed by atoms with E-state index in [9.17, 15) is 8.78 Å². The molecule has 1 atom stereocenters. The van der Waals surface area contributed by atoms with Gasteiger partial charge in [0.25, 0.3) is 5.92 Å². The van der Waals surface area contributed by atoms with Crippen LogP contribution < -0.4 is 10.5 Å². The Hall–Kier alpha value is -1.16. The SMILES string of the molecule is COc1c(C(C)(F)F)ccc(C)c1CC(C)N. The molecule has 0 spiro atoms. The number of benzene rings is 1. The smallest absolute Gasteiger partial charge is 0.274 e. The van der Waals surface area contributed by atoms with Gasteiger partial charge in [0.2, 0.25) is 0 Å². The molecule has 0 bridgehead atoms. The molecule has 0 amide bonds. The average molecular weight is 243 g/mol. The molecule has 1 aromatic carbocycles. The Balaban J connectivity index is 3.36. The fourth-order valence-electron chi connectivity index (χ4n) is 1.88. The second-order valence-corrected chi connectivity index (χ2v) is 4.51. The van der Waals surface area contributed by atoms with Crippen molar-refractivity contribution in [3.8, 4) is 5.75 Å². The van der Waals surface area contributed by atoms with E-state index in [0.717, 1.165) is 18.1 Å². The van der Waals surface area contributed by atoms with Crippen molar-refractivity contribution < 1.29 is 13.5 Å². The lowest BCUT2D eigenvalue weighted by Crippen LogP contribution is -2.20. The molecule has 0 aliphatic heterocycles. The Bertz CT molecular complexity index is 397. The van der Waals surface area contributed by atoms with E-state index in [1.165, 1.54) is 13.2 Å². The average Bonchev–Trinajstić information content (AvgIpc) is 2.18. The maximum atomic E-state index is 13.4. The summed E-state index contributed by atoms with van der Waals surface area (Å²) in [4.78, 5) is 0. The highest BCUT2D eigenvalue weighted by atomic mass is 19.3. The molecule has 1 rings (SSSR count). The number of hydrogen-bond acceptors (Lipinski definition) is 2. The van der Waals surface area contributed by atoms with Crippen LogP contribution in [0.25, 0.3) is 0 Å². The van der Waals surface area contributed by atoms with E-state index < -0.39 is 5.92 Å². The van der Waals surface area contributed by atoms with E-state index in [1.807, 2.05) is 13.8 Å². The topological polar surface area (TPSA) is 35.2 Å². The first-order valence-corrected chi connectivity index (χ1v) is 5.57. The van der Waals surface area contributed by atoms with Gasteiger partial charge in [0.1, 0.15) is 5.75 Å². The number of hydrogen-bond donors (Lipinski definition) is 1. The maximum Gasteiger partial charge on any atom is 0.274 e. The quantitative estimate of drug-likeness (QED) is 0.882. The van der Waals surface area contributed by atoms with Crippen LogP contribution >= 0.6 is 0 Å². The van der Waals surface area contributed by atoms with E-state index in [4.69, 9.17) is 10.5 Å². The van der Waals surface area contributed by atoms with Gasteiger partial charge in [-0.3, -0.25) is 0 Å². The Morgan fingerprint density at radius 3 is 2.41 bits per heavy atom. The summed E-state index contributed by atoms with van der Waals surface area (Å²) in [6, 6.07) is 3.01. The number of methoxy groups -OCH3 is 1. The summed E-state index contributed by atoms with van der Waals surface area (Å²) in [7, 11) is 1.41. The summed E-state index contributed by atoms with van der Waals surface area (Å²) in [5.74, 6) is -2.65. The molecule has 2 N–H and O–H groups in total. The standard InChI is InChI=1S/C13H19F2NO/c1-8-5-6-11(13(3,14)15)12(17-4)10(8)7-9(2)16/h5-6,9H,7,16H2,1-4H3. The van der Waals surface area contributed by atoms with Gasteiger partial charge in [0.15, 0.2) is 0 Å². The Morgan fingerprint density at radius 2 is 2.00 bits per heavy atom. The fourth-order valence-corrected chi connectivity index (χ4v) is 1.88. The molecule has 96 valence electrons. The summed E-state index contributed by atoms with van der Waals surface area (Å²) in [6.07, 6.45) is 0.527. The van der Waals surface area contributed by atoms with E-state index in [0.29, 0.717) is 6.42 Å². The highest BCUT2D eigenvalue weighted by Crippen LogP contribution is 2.38. The van der Waals surface area contributed by atoms with Crippen LogP contribution in [-0.4, -0.2) is 13.2 Å². The highest BCUT2D eigenvalue weighted by molar-refractivity contribution is 5.48. The molecule has 4 heteroatoms. The van der Waals surface area contributed by atoms with Crippen molar-refractivity contribution in [2.75, 3.05) is 7.11 Å². The summed E-state index contributed by atoms with van der Waals surface area (Å²) in [5, 5.41) is 0.